The summed E-state index contributed by atoms with van der Waals surface area (Å²) in [5.74, 6) is 1.13. The van der Waals surface area contributed by atoms with Crippen LogP contribution in [0.15, 0.2) is 47.2 Å². The fourth-order valence-corrected chi connectivity index (χ4v) is 3.24. The standard InChI is InChI=1S/C14H15N3OS/c18-14(16-9-12-3-1-2-6-15-12)17-7-4-11-5-8-19-13(11)10-17/h1-4,6,10H,5,7-9H2,(H,16,18). The molecule has 1 aromatic rings. The van der Waals surface area contributed by atoms with Crippen LogP contribution in [0.3, 0.4) is 0 Å². The molecular formula is C14H15N3OS. The molecule has 3 rings (SSSR count). The highest BCUT2D eigenvalue weighted by Gasteiger charge is 2.21. The van der Waals surface area contributed by atoms with Crippen molar-refractivity contribution in [3.8, 4) is 0 Å². The molecule has 0 aromatic carbocycles. The van der Waals surface area contributed by atoms with Crippen molar-refractivity contribution in [2.45, 2.75) is 13.0 Å². The number of allylic oxidation sites excluding steroid dienone is 1. The fourth-order valence-electron chi connectivity index (χ4n) is 2.12. The Balaban J connectivity index is 1.58. The number of nitrogens with one attached hydrogen (secondary N) is 1. The number of rotatable bonds is 2. The van der Waals surface area contributed by atoms with Crippen molar-refractivity contribution >= 4 is 17.8 Å². The number of carbonyl (C=O) groups is 1. The summed E-state index contributed by atoms with van der Waals surface area (Å²) in [4.78, 5) is 19.2. The first-order chi connectivity index (χ1) is 9.33. The van der Waals surface area contributed by atoms with Gasteiger partial charge in [-0.25, -0.2) is 4.79 Å². The molecule has 0 bridgehead atoms. The van der Waals surface area contributed by atoms with E-state index in [1.54, 1.807) is 11.1 Å². The highest BCUT2D eigenvalue weighted by Crippen LogP contribution is 2.37. The zero-order chi connectivity index (χ0) is 13.1. The average Bonchev–Trinajstić information content (AvgIpc) is 2.93. The van der Waals surface area contributed by atoms with Crippen LogP contribution >= 0.6 is 11.8 Å². The molecule has 3 heterocycles. The normalized spacial score (nSPS) is 17.6. The molecule has 2 amide bonds. The second-order valence-corrected chi connectivity index (χ2v) is 5.59. The fraction of sp³-hybridized carbons (Fsp3) is 0.286. The van der Waals surface area contributed by atoms with Crippen LogP contribution in [-0.4, -0.2) is 28.2 Å². The Kier molecular flexibility index (Phi) is 3.55. The molecule has 1 aromatic heterocycles. The van der Waals surface area contributed by atoms with Crippen LogP contribution in [0, 0.1) is 0 Å². The Morgan fingerprint density at radius 2 is 2.42 bits per heavy atom. The van der Waals surface area contributed by atoms with Crippen molar-refractivity contribution in [2.24, 2.45) is 0 Å². The number of carbonyl (C=O) groups excluding carboxylic acids is 1. The third-order valence-corrected chi connectivity index (χ3v) is 4.25. The van der Waals surface area contributed by atoms with Crippen LogP contribution in [0.25, 0.3) is 0 Å². The van der Waals surface area contributed by atoms with E-state index in [1.165, 1.54) is 10.5 Å². The molecule has 4 nitrogen and oxygen atoms in total. The van der Waals surface area contributed by atoms with E-state index in [2.05, 4.69) is 16.4 Å². The first-order valence-corrected chi connectivity index (χ1v) is 7.30. The number of fused-ring (bicyclic) bond motifs is 1. The molecule has 0 saturated carbocycles. The van der Waals surface area contributed by atoms with E-state index in [4.69, 9.17) is 0 Å². The lowest BCUT2D eigenvalue weighted by atomic mass is 10.1. The molecule has 0 radical (unpaired) electrons. The average molecular weight is 273 g/mol. The highest BCUT2D eigenvalue weighted by atomic mass is 32.2. The van der Waals surface area contributed by atoms with Crippen molar-refractivity contribution in [3.05, 3.63) is 52.8 Å². The van der Waals surface area contributed by atoms with Gasteiger partial charge in [0.25, 0.3) is 0 Å². The SMILES string of the molecule is O=C(NCc1ccccn1)N1C=C2SCCC2=CC1. The van der Waals surface area contributed by atoms with Gasteiger partial charge in [0.1, 0.15) is 0 Å². The summed E-state index contributed by atoms with van der Waals surface area (Å²) in [5, 5.41) is 2.89. The predicted molar refractivity (Wildman–Crippen MR) is 76.4 cm³/mol. The monoisotopic (exact) mass is 273 g/mol. The minimum atomic E-state index is -0.0686. The molecule has 0 atom stereocenters. The van der Waals surface area contributed by atoms with Gasteiger partial charge in [0, 0.05) is 29.6 Å². The summed E-state index contributed by atoms with van der Waals surface area (Å²) in [7, 11) is 0. The third kappa shape index (κ3) is 2.81. The summed E-state index contributed by atoms with van der Waals surface area (Å²) in [5.41, 5.74) is 2.26. The van der Waals surface area contributed by atoms with E-state index >= 15 is 0 Å². The van der Waals surface area contributed by atoms with Gasteiger partial charge in [-0.2, -0.15) is 0 Å². The number of aromatic nitrogens is 1. The van der Waals surface area contributed by atoms with E-state index in [0.29, 0.717) is 13.1 Å². The summed E-state index contributed by atoms with van der Waals surface area (Å²) in [6.45, 7) is 1.12. The first kappa shape index (κ1) is 12.3. The molecule has 98 valence electrons. The highest BCUT2D eigenvalue weighted by molar-refractivity contribution is 8.03. The minimum Gasteiger partial charge on any atom is -0.332 e. The second kappa shape index (κ2) is 5.48. The summed E-state index contributed by atoms with van der Waals surface area (Å²) in [6.07, 6.45) is 6.96. The van der Waals surface area contributed by atoms with Crippen molar-refractivity contribution in [1.29, 1.82) is 0 Å². The molecule has 0 spiro atoms. The Labute approximate surface area is 116 Å². The van der Waals surface area contributed by atoms with Crippen molar-refractivity contribution in [3.63, 3.8) is 0 Å². The Bertz CT molecular complexity index is 539. The number of hydrogen-bond acceptors (Lipinski definition) is 3. The van der Waals surface area contributed by atoms with E-state index in [9.17, 15) is 4.79 Å². The van der Waals surface area contributed by atoms with E-state index < -0.39 is 0 Å². The van der Waals surface area contributed by atoms with E-state index in [-0.39, 0.29) is 6.03 Å². The Hall–Kier alpha value is -1.75. The maximum atomic E-state index is 12.1. The summed E-state index contributed by atoms with van der Waals surface area (Å²) < 4.78 is 0. The molecule has 2 aliphatic heterocycles. The molecule has 1 fully saturated rings. The largest absolute Gasteiger partial charge is 0.332 e. The van der Waals surface area contributed by atoms with Gasteiger partial charge in [0.15, 0.2) is 0 Å². The number of nitrogens with zero attached hydrogens (tertiary/aromatic N) is 2. The summed E-state index contributed by atoms with van der Waals surface area (Å²) >= 11 is 1.82. The molecule has 0 unspecified atom stereocenters. The van der Waals surface area contributed by atoms with Crippen LogP contribution in [0.2, 0.25) is 0 Å². The van der Waals surface area contributed by atoms with Gasteiger partial charge in [-0.3, -0.25) is 9.88 Å². The number of pyridine rings is 1. The number of thioether (sulfide) groups is 1. The molecule has 5 heteroatoms. The number of hydrogen-bond donors (Lipinski definition) is 1. The van der Waals surface area contributed by atoms with Crippen LogP contribution in [0.5, 0.6) is 0 Å². The van der Waals surface area contributed by atoms with Gasteiger partial charge in [-0.05, 0) is 24.1 Å². The van der Waals surface area contributed by atoms with Crippen LogP contribution in [0.1, 0.15) is 12.1 Å². The van der Waals surface area contributed by atoms with Gasteiger partial charge in [0.05, 0.1) is 12.2 Å². The third-order valence-electron chi connectivity index (χ3n) is 3.16. The molecule has 1 N–H and O–H groups in total. The quantitative estimate of drug-likeness (QED) is 0.900. The number of urea groups is 1. The maximum absolute atomic E-state index is 12.1. The lowest BCUT2D eigenvalue weighted by Crippen LogP contribution is -2.37. The van der Waals surface area contributed by atoms with Gasteiger partial charge < -0.3 is 5.32 Å². The van der Waals surface area contributed by atoms with Gasteiger partial charge >= 0.3 is 6.03 Å². The zero-order valence-electron chi connectivity index (χ0n) is 10.5. The van der Waals surface area contributed by atoms with Crippen molar-refractivity contribution < 1.29 is 4.79 Å². The zero-order valence-corrected chi connectivity index (χ0v) is 11.3. The minimum absolute atomic E-state index is 0.0686. The lowest BCUT2D eigenvalue weighted by molar-refractivity contribution is 0.217. The van der Waals surface area contributed by atoms with Gasteiger partial charge in [-0.15, -0.1) is 11.8 Å². The van der Waals surface area contributed by atoms with Gasteiger partial charge in [0.2, 0.25) is 0 Å². The predicted octanol–water partition coefficient (Wildman–Crippen LogP) is 2.51. The first-order valence-electron chi connectivity index (χ1n) is 6.31. The summed E-state index contributed by atoms with van der Waals surface area (Å²) in [6, 6.07) is 5.62. The topological polar surface area (TPSA) is 45.2 Å². The maximum Gasteiger partial charge on any atom is 0.322 e. The van der Waals surface area contributed by atoms with Crippen LogP contribution < -0.4 is 5.32 Å². The molecule has 1 saturated heterocycles. The smallest absolute Gasteiger partial charge is 0.322 e. The molecular weight excluding hydrogens is 258 g/mol. The Morgan fingerprint density at radius 1 is 1.47 bits per heavy atom. The Morgan fingerprint density at radius 3 is 3.26 bits per heavy atom. The van der Waals surface area contributed by atoms with Gasteiger partial charge in [-0.1, -0.05) is 12.1 Å². The molecule has 2 aliphatic rings. The second-order valence-electron chi connectivity index (χ2n) is 4.45. The van der Waals surface area contributed by atoms with Crippen molar-refractivity contribution in [1.82, 2.24) is 15.2 Å². The number of amides is 2. The molecule has 0 aliphatic carbocycles. The van der Waals surface area contributed by atoms with Crippen molar-refractivity contribution in [2.75, 3.05) is 12.3 Å². The lowest BCUT2D eigenvalue weighted by Gasteiger charge is -2.22. The molecule has 19 heavy (non-hydrogen) atoms. The van der Waals surface area contributed by atoms with Crippen LogP contribution in [-0.2, 0) is 6.54 Å². The van der Waals surface area contributed by atoms with E-state index in [0.717, 1.165) is 17.9 Å². The van der Waals surface area contributed by atoms with E-state index in [1.807, 2.05) is 36.2 Å². The van der Waals surface area contributed by atoms with Crippen LogP contribution in [0.4, 0.5) is 4.79 Å².